The molecule has 3 rings (SSSR count). The number of piperazine rings is 1. The van der Waals surface area contributed by atoms with Crippen molar-refractivity contribution in [2.75, 3.05) is 50.0 Å². The minimum Gasteiger partial charge on any atom is -0.381 e. The van der Waals surface area contributed by atoms with Gasteiger partial charge in [-0.05, 0) is 31.4 Å². The van der Waals surface area contributed by atoms with Crippen LogP contribution in [0, 0.1) is 6.92 Å². The second-order valence-electron chi connectivity index (χ2n) is 8.26. The largest absolute Gasteiger partial charge is 0.434 e. The molecule has 2 aromatic rings. The minimum atomic E-state index is -4.62. The lowest BCUT2D eigenvalue weighted by molar-refractivity contribution is -0.141. The number of aromatic nitrogens is 2. The molecule has 1 N–H and O–H groups in total. The van der Waals surface area contributed by atoms with Crippen LogP contribution in [0.4, 0.5) is 19.0 Å². The Morgan fingerprint density at radius 3 is 2.39 bits per heavy atom. The molecule has 1 fully saturated rings. The second kappa shape index (κ2) is 11.4. The van der Waals surface area contributed by atoms with Crippen molar-refractivity contribution >= 4 is 26.0 Å². The number of sulfonamides is 1. The third-order valence-corrected chi connectivity index (χ3v) is 8.48. The van der Waals surface area contributed by atoms with Gasteiger partial charge in [-0.3, -0.25) is 9.54 Å². The van der Waals surface area contributed by atoms with Gasteiger partial charge in [0, 0.05) is 32.8 Å². The number of aryl methyl sites for hydroxylation is 1. The van der Waals surface area contributed by atoms with Crippen molar-refractivity contribution in [1.82, 2.24) is 14.3 Å². The maximum absolute atomic E-state index is 12.9. The molecule has 200 valence electrons. The number of rotatable bonds is 10. The molecule has 0 amide bonds. The van der Waals surface area contributed by atoms with Crippen LogP contribution >= 0.6 is 0 Å². The zero-order valence-corrected chi connectivity index (χ0v) is 21.1. The maximum atomic E-state index is 12.9. The summed E-state index contributed by atoms with van der Waals surface area (Å²) in [5.74, 6) is -0.127. The van der Waals surface area contributed by atoms with Crippen molar-refractivity contribution in [3.8, 4) is 0 Å². The van der Waals surface area contributed by atoms with Crippen molar-refractivity contribution in [2.45, 2.75) is 30.8 Å². The van der Waals surface area contributed by atoms with Crippen molar-refractivity contribution in [2.24, 2.45) is 0 Å². The zero-order chi connectivity index (χ0) is 26.6. The Bertz CT molecular complexity index is 1260. The second-order valence-corrected chi connectivity index (χ2v) is 11.7. The van der Waals surface area contributed by atoms with E-state index in [9.17, 15) is 34.6 Å². The number of hydrogen-bond acceptors (Lipinski definition) is 8. The molecule has 1 aromatic carbocycles. The third-order valence-electron chi connectivity index (χ3n) is 5.57. The minimum absolute atomic E-state index is 0.0426. The highest BCUT2D eigenvalue weighted by Gasteiger charge is 2.34. The van der Waals surface area contributed by atoms with E-state index >= 15 is 0 Å². The van der Waals surface area contributed by atoms with Gasteiger partial charge in [0.2, 0.25) is 10.0 Å². The average molecular weight is 553 g/mol. The molecule has 0 unspecified atom stereocenters. The monoisotopic (exact) mass is 552 g/mol. The molecule has 0 atom stereocenters. The van der Waals surface area contributed by atoms with Crippen molar-refractivity contribution in [1.29, 1.82) is 0 Å². The van der Waals surface area contributed by atoms with Crippen molar-refractivity contribution in [3.05, 3.63) is 47.4 Å². The zero-order valence-electron chi connectivity index (χ0n) is 19.5. The molecule has 1 aliphatic rings. The van der Waals surface area contributed by atoms with Crippen LogP contribution in [0.5, 0.6) is 0 Å². The van der Waals surface area contributed by atoms with Crippen LogP contribution in [-0.2, 0) is 37.5 Å². The number of nitrogens with zero attached hydrogens (tertiary/aromatic N) is 4. The summed E-state index contributed by atoms with van der Waals surface area (Å²) in [6.07, 6.45) is -2.33. The molecular formula is C21H27F3N4O6S2. The lowest BCUT2D eigenvalue weighted by atomic mass is 10.1. The summed E-state index contributed by atoms with van der Waals surface area (Å²) in [6.45, 7) is 2.63. The summed E-state index contributed by atoms with van der Waals surface area (Å²) < 4.78 is 103. The Morgan fingerprint density at radius 2 is 1.75 bits per heavy atom. The summed E-state index contributed by atoms with van der Waals surface area (Å²) in [7, 11) is -7.95. The van der Waals surface area contributed by atoms with E-state index in [2.05, 4.69) is 9.97 Å². The SMILES string of the molecule is Cc1ccc(S(=O)(=O)O)c(CCOCCCS(=O)(=O)N2CCN(c3cncc(C(F)(F)F)n3)CC2)c1. The van der Waals surface area contributed by atoms with Gasteiger partial charge in [-0.25, -0.2) is 13.4 Å². The highest BCUT2D eigenvalue weighted by Crippen LogP contribution is 2.28. The molecule has 1 aromatic heterocycles. The van der Waals surface area contributed by atoms with Gasteiger partial charge < -0.3 is 9.64 Å². The standard InChI is InChI=1S/C21H27F3N4O6S2/c1-16-3-4-18(36(31,32)33)17(13-16)5-11-34-10-2-12-35(29,30)28-8-6-27(7-9-28)20-15-25-14-19(26-20)21(22,23)24/h3-4,13-15H,2,5-12H2,1H3,(H,31,32,33). The van der Waals surface area contributed by atoms with Gasteiger partial charge in [-0.2, -0.15) is 25.9 Å². The molecule has 1 saturated heterocycles. The lowest BCUT2D eigenvalue weighted by Gasteiger charge is -2.34. The van der Waals surface area contributed by atoms with Crippen LogP contribution in [0.2, 0.25) is 0 Å². The van der Waals surface area contributed by atoms with E-state index in [1.165, 1.54) is 16.6 Å². The van der Waals surface area contributed by atoms with Crippen LogP contribution in [-0.4, -0.2) is 80.8 Å². The molecule has 0 aliphatic carbocycles. The van der Waals surface area contributed by atoms with E-state index in [-0.39, 0.29) is 68.7 Å². The van der Waals surface area contributed by atoms with Gasteiger partial charge in [0.15, 0.2) is 5.69 Å². The number of anilines is 1. The Kier molecular flexibility index (Phi) is 8.93. The Balaban J connectivity index is 1.43. The van der Waals surface area contributed by atoms with Crippen molar-refractivity contribution < 1.29 is 39.3 Å². The topological polar surface area (TPSA) is 130 Å². The molecule has 0 saturated carbocycles. The van der Waals surface area contributed by atoms with E-state index in [0.717, 1.165) is 5.56 Å². The van der Waals surface area contributed by atoms with Crippen LogP contribution in [0.15, 0.2) is 35.5 Å². The summed E-state index contributed by atoms with van der Waals surface area (Å²) in [6, 6.07) is 4.54. The predicted molar refractivity (Wildman–Crippen MR) is 125 cm³/mol. The molecule has 15 heteroatoms. The fraction of sp³-hybridized carbons (Fsp3) is 0.524. The number of hydrogen-bond donors (Lipinski definition) is 1. The average Bonchev–Trinajstić information content (AvgIpc) is 2.80. The van der Waals surface area contributed by atoms with E-state index < -0.39 is 32.0 Å². The lowest BCUT2D eigenvalue weighted by Crippen LogP contribution is -2.49. The van der Waals surface area contributed by atoms with Gasteiger partial charge in [0.05, 0.1) is 29.6 Å². The Labute approximate surface area is 207 Å². The van der Waals surface area contributed by atoms with Gasteiger partial charge in [0.1, 0.15) is 5.82 Å². The van der Waals surface area contributed by atoms with Crippen LogP contribution in [0.1, 0.15) is 23.2 Å². The number of alkyl halides is 3. The maximum Gasteiger partial charge on any atom is 0.434 e. The predicted octanol–water partition coefficient (Wildman–Crippen LogP) is 2.15. The smallest absolute Gasteiger partial charge is 0.381 e. The van der Waals surface area contributed by atoms with E-state index in [0.29, 0.717) is 11.8 Å². The Hall–Kier alpha value is -2.33. The molecule has 0 bridgehead atoms. The molecule has 2 heterocycles. The van der Waals surface area contributed by atoms with Crippen LogP contribution in [0.3, 0.4) is 0 Å². The van der Waals surface area contributed by atoms with E-state index in [1.807, 2.05) is 0 Å². The number of halogens is 3. The van der Waals surface area contributed by atoms with E-state index in [1.54, 1.807) is 24.0 Å². The summed E-state index contributed by atoms with van der Waals surface area (Å²) in [4.78, 5) is 8.55. The first-order valence-electron chi connectivity index (χ1n) is 11.0. The number of ether oxygens (including phenoxy) is 1. The molecular weight excluding hydrogens is 525 g/mol. The van der Waals surface area contributed by atoms with Crippen LogP contribution < -0.4 is 4.90 Å². The fourth-order valence-electron chi connectivity index (χ4n) is 3.75. The molecule has 0 spiro atoms. The van der Waals surface area contributed by atoms with Gasteiger partial charge in [-0.1, -0.05) is 17.7 Å². The van der Waals surface area contributed by atoms with Crippen LogP contribution in [0.25, 0.3) is 0 Å². The van der Waals surface area contributed by atoms with Gasteiger partial charge >= 0.3 is 6.18 Å². The summed E-state index contributed by atoms with van der Waals surface area (Å²) in [5, 5.41) is 0. The van der Waals surface area contributed by atoms with Gasteiger partial charge in [0.25, 0.3) is 10.1 Å². The first-order chi connectivity index (χ1) is 16.8. The fourth-order valence-corrected chi connectivity index (χ4v) is 5.94. The van der Waals surface area contributed by atoms with Gasteiger partial charge in [-0.15, -0.1) is 0 Å². The number of benzene rings is 1. The third kappa shape index (κ3) is 7.59. The normalized spacial score (nSPS) is 15.9. The molecule has 0 radical (unpaired) electrons. The highest BCUT2D eigenvalue weighted by molar-refractivity contribution is 7.89. The molecule has 36 heavy (non-hydrogen) atoms. The summed E-state index contributed by atoms with van der Waals surface area (Å²) >= 11 is 0. The first-order valence-corrected chi connectivity index (χ1v) is 14.1. The first kappa shape index (κ1) is 28.2. The quantitative estimate of drug-likeness (QED) is 0.348. The Morgan fingerprint density at radius 1 is 1.06 bits per heavy atom. The van der Waals surface area contributed by atoms with E-state index in [4.69, 9.17) is 4.74 Å². The molecule has 10 nitrogen and oxygen atoms in total. The van der Waals surface area contributed by atoms with Crippen molar-refractivity contribution in [3.63, 3.8) is 0 Å². The summed E-state index contributed by atoms with van der Waals surface area (Å²) in [5.41, 5.74) is 0.129. The highest BCUT2D eigenvalue weighted by atomic mass is 32.2. The molecule has 1 aliphatic heterocycles.